The number of benzene rings is 1. The van der Waals surface area contributed by atoms with Crippen molar-refractivity contribution in [2.75, 3.05) is 5.32 Å². The van der Waals surface area contributed by atoms with Crippen LogP contribution in [0, 0.1) is 11.3 Å². The molecule has 21 heavy (non-hydrogen) atoms. The van der Waals surface area contributed by atoms with Crippen LogP contribution in [-0.2, 0) is 0 Å². The van der Waals surface area contributed by atoms with Gasteiger partial charge >= 0.3 is 0 Å². The van der Waals surface area contributed by atoms with E-state index in [4.69, 9.17) is 21.3 Å². The third-order valence-corrected chi connectivity index (χ3v) is 3.42. The van der Waals surface area contributed by atoms with Crippen LogP contribution in [0.15, 0.2) is 47.0 Å². The first-order valence-corrected chi connectivity index (χ1v) is 6.85. The number of anilines is 1. The van der Waals surface area contributed by atoms with Crippen LogP contribution in [0.2, 0.25) is 5.02 Å². The molecule has 3 aromatic rings. The fourth-order valence-corrected chi connectivity index (χ4v) is 2.27. The minimum atomic E-state index is -0.0448. The highest BCUT2D eigenvalue weighted by atomic mass is 35.5. The average molecular weight is 298 g/mol. The second kappa shape index (κ2) is 5.47. The maximum absolute atomic E-state index is 8.76. The molecule has 0 amide bonds. The minimum absolute atomic E-state index is 0.0448. The van der Waals surface area contributed by atoms with Crippen molar-refractivity contribution in [2.24, 2.45) is 0 Å². The van der Waals surface area contributed by atoms with Gasteiger partial charge in [0.05, 0.1) is 11.6 Å². The summed E-state index contributed by atoms with van der Waals surface area (Å²) in [6, 6.07) is 13.0. The van der Waals surface area contributed by atoms with E-state index in [1.165, 1.54) is 6.20 Å². The third-order valence-electron chi connectivity index (χ3n) is 3.18. The topological polar surface area (TPSA) is 61.9 Å². The van der Waals surface area contributed by atoms with E-state index in [1.807, 2.05) is 31.2 Å². The van der Waals surface area contributed by atoms with Crippen molar-refractivity contribution in [1.29, 1.82) is 5.26 Å². The summed E-state index contributed by atoms with van der Waals surface area (Å²) in [6.07, 6.45) is 1.54. The van der Waals surface area contributed by atoms with Gasteiger partial charge in [-0.3, -0.25) is 0 Å². The Kier molecular flexibility index (Phi) is 3.51. The normalized spacial score (nSPS) is 12.0. The molecule has 0 fully saturated rings. The quantitative estimate of drug-likeness (QED) is 0.771. The summed E-state index contributed by atoms with van der Waals surface area (Å²) >= 11 is 5.97. The smallest absolute Gasteiger partial charge is 0.134 e. The van der Waals surface area contributed by atoms with Gasteiger partial charge in [0.2, 0.25) is 0 Å². The SMILES string of the molecule is CC(Nc1ccc(C#N)cn1)c1cc2cc(Cl)ccc2o1. The first-order chi connectivity index (χ1) is 10.2. The molecule has 0 bridgehead atoms. The van der Waals surface area contributed by atoms with Crippen molar-refractivity contribution >= 4 is 28.4 Å². The number of hydrogen-bond acceptors (Lipinski definition) is 4. The number of aromatic nitrogens is 1. The maximum atomic E-state index is 8.76. The molecule has 3 rings (SSSR count). The number of nitrogens with one attached hydrogen (secondary N) is 1. The van der Waals surface area contributed by atoms with Gasteiger partial charge in [-0.15, -0.1) is 0 Å². The molecule has 2 heterocycles. The lowest BCUT2D eigenvalue weighted by Gasteiger charge is -2.11. The highest BCUT2D eigenvalue weighted by Crippen LogP contribution is 2.27. The van der Waals surface area contributed by atoms with E-state index in [9.17, 15) is 0 Å². The zero-order valence-corrected chi connectivity index (χ0v) is 12.1. The Morgan fingerprint density at radius 3 is 2.86 bits per heavy atom. The molecule has 104 valence electrons. The van der Waals surface area contributed by atoms with Crippen molar-refractivity contribution in [3.05, 3.63) is 58.9 Å². The molecule has 0 aliphatic heterocycles. The van der Waals surface area contributed by atoms with Crippen molar-refractivity contribution in [3.63, 3.8) is 0 Å². The van der Waals surface area contributed by atoms with Gasteiger partial charge in [0.15, 0.2) is 0 Å². The van der Waals surface area contributed by atoms with Crippen LogP contribution in [-0.4, -0.2) is 4.98 Å². The standard InChI is InChI=1S/C16H12ClN3O/c1-10(20-16-5-2-11(8-18)9-19-16)15-7-12-6-13(17)3-4-14(12)21-15/h2-7,9-10H,1H3,(H,19,20). The average Bonchev–Trinajstić information content (AvgIpc) is 2.91. The molecule has 0 aliphatic carbocycles. The molecular formula is C16H12ClN3O. The lowest BCUT2D eigenvalue weighted by molar-refractivity contribution is 0.525. The number of nitriles is 1. The number of rotatable bonds is 3. The Morgan fingerprint density at radius 2 is 2.14 bits per heavy atom. The van der Waals surface area contributed by atoms with E-state index in [-0.39, 0.29) is 6.04 Å². The summed E-state index contributed by atoms with van der Waals surface area (Å²) in [5.41, 5.74) is 1.34. The van der Waals surface area contributed by atoms with Gasteiger partial charge in [-0.1, -0.05) is 11.6 Å². The van der Waals surface area contributed by atoms with Crippen molar-refractivity contribution in [3.8, 4) is 6.07 Å². The fraction of sp³-hybridized carbons (Fsp3) is 0.125. The van der Waals surface area contributed by atoms with Gasteiger partial charge in [0.25, 0.3) is 0 Å². The molecule has 0 aliphatic rings. The van der Waals surface area contributed by atoms with Gasteiger partial charge in [0, 0.05) is 16.6 Å². The van der Waals surface area contributed by atoms with Crippen LogP contribution in [0.3, 0.4) is 0 Å². The monoisotopic (exact) mass is 297 g/mol. The van der Waals surface area contributed by atoms with Crippen molar-refractivity contribution in [2.45, 2.75) is 13.0 Å². The minimum Gasteiger partial charge on any atom is -0.459 e. The van der Waals surface area contributed by atoms with E-state index in [0.29, 0.717) is 16.4 Å². The molecule has 2 aromatic heterocycles. The summed E-state index contributed by atoms with van der Waals surface area (Å²) in [5.74, 6) is 1.50. The molecule has 0 saturated heterocycles. The van der Waals surface area contributed by atoms with E-state index in [2.05, 4.69) is 10.3 Å². The molecule has 1 atom stereocenters. The number of hydrogen-bond donors (Lipinski definition) is 1. The van der Waals surface area contributed by atoms with Crippen molar-refractivity contribution in [1.82, 2.24) is 4.98 Å². The first-order valence-electron chi connectivity index (χ1n) is 6.47. The number of furan rings is 1. The number of fused-ring (bicyclic) bond motifs is 1. The fourth-order valence-electron chi connectivity index (χ4n) is 2.09. The maximum Gasteiger partial charge on any atom is 0.134 e. The Morgan fingerprint density at radius 1 is 1.29 bits per heavy atom. The summed E-state index contributed by atoms with van der Waals surface area (Å²) in [5, 5.41) is 13.6. The molecular weight excluding hydrogens is 286 g/mol. The summed E-state index contributed by atoms with van der Waals surface area (Å²) < 4.78 is 5.80. The molecule has 5 heteroatoms. The molecule has 0 spiro atoms. The second-order valence-electron chi connectivity index (χ2n) is 4.74. The van der Waals surface area contributed by atoms with Gasteiger partial charge in [0.1, 0.15) is 23.2 Å². The van der Waals surface area contributed by atoms with Crippen LogP contribution in [0.1, 0.15) is 24.3 Å². The highest BCUT2D eigenvalue weighted by Gasteiger charge is 2.12. The zero-order valence-electron chi connectivity index (χ0n) is 11.3. The van der Waals surface area contributed by atoms with Crippen LogP contribution < -0.4 is 5.32 Å². The first kappa shape index (κ1) is 13.5. The predicted octanol–water partition coefficient (Wildman–Crippen LogP) is 4.53. The van der Waals surface area contributed by atoms with Crippen LogP contribution in [0.5, 0.6) is 0 Å². The molecule has 0 radical (unpaired) electrons. The van der Waals surface area contributed by atoms with Gasteiger partial charge in [-0.2, -0.15) is 5.26 Å². The van der Waals surface area contributed by atoms with Gasteiger partial charge < -0.3 is 9.73 Å². The van der Waals surface area contributed by atoms with Crippen molar-refractivity contribution < 1.29 is 4.42 Å². The number of nitrogens with zero attached hydrogens (tertiary/aromatic N) is 2. The molecule has 0 saturated carbocycles. The Hall–Kier alpha value is -2.51. The predicted molar refractivity (Wildman–Crippen MR) is 82.2 cm³/mol. The number of halogens is 1. The van der Waals surface area contributed by atoms with E-state index < -0.39 is 0 Å². The van der Waals surface area contributed by atoms with Crippen LogP contribution in [0.4, 0.5) is 5.82 Å². The van der Waals surface area contributed by atoms with E-state index >= 15 is 0 Å². The molecule has 4 nitrogen and oxygen atoms in total. The lowest BCUT2D eigenvalue weighted by Crippen LogP contribution is -2.06. The van der Waals surface area contributed by atoms with E-state index in [1.54, 1.807) is 18.2 Å². The van der Waals surface area contributed by atoms with Gasteiger partial charge in [-0.25, -0.2) is 4.98 Å². The zero-order chi connectivity index (χ0) is 14.8. The van der Waals surface area contributed by atoms with Gasteiger partial charge in [-0.05, 0) is 43.3 Å². The Labute approximate surface area is 127 Å². The molecule has 1 N–H and O–H groups in total. The number of pyridine rings is 1. The summed E-state index contributed by atoms with van der Waals surface area (Å²) in [4.78, 5) is 4.19. The highest BCUT2D eigenvalue weighted by molar-refractivity contribution is 6.31. The summed E-state index contributed by atoms with van der Waals surface area (Å²) in [6.45, 7) is 1.99. The second-order valence-corrected chi connectivity index (χ2v) is 5.18. The summed E-state index contributed by atoms with van der Waals surface area (Å²) in [7, 11) is 0. The van der Waals surface area contributed by atoms with Crippen LogP contribution >= 0.6 is 11.6 Å². The van der Waals surface area contributed by atoms with E-state index in [0.717, 1.165) is 16.7 Å². The Bertz CT molecular complexity index is 818. The Balaban J connectivity index is 1.82. The lowest BCUT2D eigenvalue weighted by atomic mass is 10.2. The molecule has 1 aromatic carbocycles. The van der Waals surface area contributed by atoms with Crippen LogP contribution in [0.25, 0.3) is 11.0 Å². The largest absolute Gasteiger partial charge is 0.459 e. The molecule has 1 unspecified atom stereocenters. The third kappa shape index (κ3) is 2.83.